The van der Waals surface area contributed by atoms with E-state index in [-0.39, 0.29) is 0 Å². The Morgan fingerprint density at radius 3 is 0.927 bits per heavy atom. The Balaban J connectivity index is 0.648. The zero-order chi connectivity index (χ0) is 72.6. The molecule has 0 unspecified atom stereocenters. The summed E-state index contributed by atoms with van der Waals surface area (Å²) in [7, 11) is 0. The smallest absolute Gasteiger partial charge is 0.167 e. The molecule has 110 heavy (non-hydrogen) atoms. The number of nitrogens with zero attached hydrogens (tertiary/aromatic N) is 6. The molecule has 0 atom stereocenters. The van der Waals surface area contributed by atoms with Gasteiger partial charge in [0, 0.05) is 43.8 Å². The lowest BCUT2D eigenvalue weighted by Gasteiger charge is -2.16. The van der Waals surface area contributed by atoms with Crippen LogP contribution in [-0.2, 0) is 0 Å². The summed E-state index contributed by atoms with van der Waals surface area (Å²) in [5.74, 6) is 3.10. The summed E-state index contributed by atoms with van der Waals surface area (Å²) in [6.07, 6.45) is 0. The normalized spacial score (nSPS) is 11.6. The molecular weight excluding hydrogens is 1340 g/mol. The van der Waals surface area contributed by atoms with E-state index in [0.29, 0.717) is 46.1 Å². The second-order valence-electron chi connectivity index (χ2n) is 27.9. The van der Waals surface area contributed by atoms with E-state index in [0.717, 1.165) is 105 Å². The molecule has 8 nitrogen and oxygen atoms in total. The van der Waals surface area contributed by atoms with E-state index in [9.17, 15) is 0 Å². The van der Waals surface area contributed by atoms with E-state index in [2.05, 4.69) is 303 Å². The molecule has 0 saturated carbocycles. The van der Waals surface area contributed by atoms with Crippen molar-refractivity contribution in [3.8, 4) is 146 Å². The van der Waals surface area contributed by atoms with Crippen LogP contribution in [0.3, 0.4) is 0 Å². The summed E-state index contributed by atoms with van der Waals surface area (Å²) in [5, 5.41) is 11.0. The van der Waals surface area contributed by atoms with Gasteiger partial charge in [-0.15, -0.1) is 0 Å². The quantitative estimate of drug-likeness (QED) is 0.112. The molecule has 17 aromatic carbocycles. The van der Waals surface area contributed by atoms with Gasteiger partial charge in [-0.1, -0.05) is 346 Å². The fraction of sp³-hybridized carbons (Fsp3) is 0. The first-order valence-electron chi connectivity index (χ1n) is 37.0. The van der Waals surface area contributed by atoms with Crippen LogP contribution in [0.1, 0.15) is 0 Å². The van der Waals surface area contributed by atoms with Crippen LogP contribution < -0.4 is 0 Å². The molecule has 0 N–H and O–H groups in total. The van der Waals surface area contributed by atoms with Crippen LogP contribution in [0.25, 0.3) is 222 Å². The Morgan fingerprint density at radius 2 is 0.427 bits per heavy atom. The first kappa shape index (κ1) is 63.6. The van der Waals surface area contributed by atoms with E-state index < -0.39 is 0 Å². The Morgan fingerprint density at radius 1 is 0.145 bits per heavy atom. The van der Waals surface area contributed by atoms with Crippen molar-refractivity contribution in [3.05, 3.63) is 376 Å². The van der Waals surface area contributed by atoms with Gasteiger partial charge in [0.25, 0.3) is 0 Å². The highest BCUT2D eigenvalue weighted by Crippen LogP contribution is 2.46. The highest BCUT2D eigenvalue weighted by atomic mass is 16.3. The summed E-state index contributed by atoms with van der Waals surface area (Å²) in [4.78, 5) is 31.9. The number of aromatic nitrogens is 6. The van der Waals surface area contributed by atoms with Gasteiger partial charge in [-0.2, -0.15) is 0 Å². The second-order valence-corrected chi connectivity index (χ2v) is 27.9. The van der Waals surface area contributed by atoms with Crippen LogP contribution >= 0.6 is 0 Å². The number of fused-ring (bicyclic) bond motifs is 9. The maximum Gasteiger partial charge on any atom is 0.167 e. The van der Waals surface area contributed by atoms with Gasteiger partial charge < -0.3 is 8.83 Å². The minimum Gasteiger partial charge on any atom is -0.455 e. The van der Waals surface area contributed by atoms with Crippen LogP contribution in [0, 0.1) is 0 Å². The van der Waals surface area contributed by atoms with Crippen LogP contribution in [0.2, 0.25) is 0 Å². The van der Waals surface area contributed by atoms with Crippen molar-refractivity contribution in [2.24, 2.45) is 0 Å². The minimum absolute atomic E-state index is 0.486. The van der Waals surface area contributed by atoms with Crippen molar-refractivity contribution < 1.29 is 8.83 Å². The molecule has 0 bridgehead atoms. The number of rotatable bonds is 13. The van der Waals surface area contributed by atoms with Gasteiger partial charge in [-0.05, 0) is 141 Å². The van der Waals surface area contributed by atoms with Crippen LogP contribution in [0.5, 0.6) is 0 Å². The highest BCUT2D eigenvalue weighted by Gasteiger charge is 2.25. The molecule has 0 aliphatic heterocycles. The van der Waals surface area contributed by atoms with Crippen molar-refractivity contribution in [2.75, 3.05) is 0 Å². The number of hydrogen-bond donors (Lipinski definition) is 0. The average molecular weight is 1400 g/mol. The van der Waals surface area contributed by atoms with Crippen molar-refractivity contribution in [2.45, 2.75) is 0 Å². The largest absolute Gasteiger partial charge is 0.455 e. The molecule has 4 heterocycles. The summed E-state index contributed by atoms with van der Waals surface area (Å²) < 4.78 is 13.7. The molecule has 4 aromatic heterocycles. The molecule has 0 spiro atoms. The van der Waals surface area contributed by atoms with E-state index in [1.807, 2.05) is 72.8 Å². The maximum atomic E-state index is 7.02. The molecular formula is C102H62N6O2. The second kappa shape index (κ2) is 26.6. The van der Waals surface area contributed by atoms with Crippen LogP contribution in [-0.4, -0.2) is 29.9 Å². The van der Waals surface area contributed by atoms with Crippen molar-refractivity contribution >= 4 is 76.2 Å². The van der Waals surface area contributed by atoms with Gasteiger partial charge in [0.2, 0.25) is 0 Å². The Bertz CT molecular complexity index is 7180. The first-order valence-corrected chi connectivity index (χ1v) is 37.0. The fourth-order valence-electron chi connectivity index (χ4n) is 16.2. The third-order valence-electron chi connectivity index (χ3n) is 21.5. The lowest BCUT2D eigenvalue weighted by molar-refractivity contribution is 0.669. The summed E-state index contributed by atoms with van der Waals surface area (Å²) in [5.41, 5.74) is 23.6. The first-order chi connectivity index (χ1) is 54.5. The van der Waals surface area contributed by atoms with Crippen molar-refractivity contribution in [1.82, 2.24) is 29.9 Å². The third kappa shape index (κ3) is 11.2. The molecule has 21 aromatic rings. The van der Waals surface area contributed by atoms with Crippen LogP contribution in [0.15, 0.2) is 385 Å². The lowest BCUT2D eigenvalue weighted by Crippen LogP contribution is -2.01. The van der Waals surface area contributed by atoms with Gasteiger partial charge in [0.1, 0.15) is 22.3 Å². The molecule has 0 saturated heterocycles. The number of furan rings is 2. The molecule has 8 heteroatoms. The fourth-order valence-corrected chi connectivity index (χ4v) is 16.2. The minimum atomic E-state index is 0.486. The van der Waals surface area contributed by atoms with Gasteiger partial charge in [0.05, 0.1) is 11.1 Å². The number of para-hydroxylation sites is 3. The number of hydrogen-bond acceptors (Lipinski definition) is 8. The number of benzene rings is 17. The topological polar surface area (TPSA) is 104 Å². The standard InChI is InChI=1S/C102H62N6O2/c1-4-22-63(23-5-1)64-42-44-66(45-43-64)75-54-55-76(80-31-11-10-30-79(75)80)67-46-50-70(51-47-67)98-103-97(69-26-8-3-9-27-69)105-102(107-98)91-61-58-78(94-89-37-17-19-41-93(89)110-96(91)94)72-28-20-29-73(62-72)100-104-99(106-101(108-100)90-39-21-38-88-87-36-16-18-40-92(87)109-95(88)90)71-52-48-68(49-53-71)77-57-60-86(84-35-15-13-33-82(77)84)85-59-56-74(65-24-6-2-7-25-65)81-32-12-14-34-83(81)85/h1-62H. The SMILES string of the molecule is c1ccc(-c2ccc(-c3ccc(-c4ccc(-c5nc(-c6ccccc6)nc(-c6ccc(-c7cccc(-c8nc(-c9ccc(-c%10ccc(-c%11ccc(-c%12ccccc%12)c%12ccccc%11%12)c%11ccccc%10%11)cc9)nc(-c9cccc%10c9oc9ccccc9%10)n8)c7)c7c6oc6ccccc67)n5)cc4)c4ccccc34)cc2)cc1. The lowest BCUT2D eigenvalue weighted by atomic mass is 9.88. The van der Waals surface area contributed by atoms with Crippen molar-refractivity contribution in [1.29, 1.82) is 0 Å². The van der Waals surface area contributed by atoms with Gasteiger partial charge >= 0.3 is 0 Å². The summed E-state index contributed by atoms with van der Waals surface area (Å²) in [6, 6.07) is 132. The molecule has 0 radical (unpaired) electrons. The monoisotopic (exact) mass is 1400 g/mol. The van der Waals surface area contributed by atoms with Crippen LogP contribution in [0.4, 0.5) is 0 Å². The van der Waals surface area contributed by atoms with Gasteiger partial charge in [-0.25, -0.2) is 29.9 Å². The third-order valence-corrected chi connectivity index (χ3v) is 21.5. The maximum absolute atomic E-state index is 7.02. The van der Waals surface area contributed by atoms with E-state index in [4.69, 9.17) is 38.7 Å². The van der Waals surface area contributed by atoms with E-state index in [1.165, 1.54) is 71.4 Å². The van der Waals surface area contributed by atoms with Gasteiger partial charge in [0.15, 0.2) is 34.9 Å². The molecule has 0 amide bonds. The predicted octanol–water partition coefficient (Wildman–Crippen LogP) is 27.0. The Hall–Kier alpha value is -14.9. The average Bonchev–Trinajstić information content (AvgIpc) is 1.49. The zero-order valence-corrected chi connectivity index (χ0v) is 59.3. The summed E-state index contributed by atoms with van der Waals surface area (Å²) in [6.45, 7) is 0. The van der Waals surface area contributed by atoms with Gasteiger partial charge in [-0.3, -0.25) is 0 Å². The van der Waals surface area contributed by atoms with E-state index in [1.54, 1.807) is 0 Å². The molecule has 0 aliphatic rings. The summed E-state index contributed by atoms with van der Waals surface area (Å²) >= 11 is 0. The van der Waals surface area contributed by atoms with E-state index >= 15 is 0 Å². The Labute approximate surface area is 633 Å². The molecule has 0 aliphatic carbocycles. The molecule has 512 valence electrons. The zero-order valence-electron chi connectivity index (χ0n) is 59.3. The van der Waals surface area contributed by atoms with Crippen molar-refractivity contribution in [3.63, 3.8) is 0 Å². The predicted molar refractivity (Wildman–Crippen MR) is 451 cm³/mol. The molecule has 21 rings (SSSR count). The Kier molecular flexibility index (Phi) is 15.4. The highest BCUT2D eigenvalue weighted by molar-refractivity contribution is 6.17. The molecule has 0 fully saturated rings.